The molecule has 0 saturated carbocycles. The van der Waals surface area contributed by atoms with Crippen molar-refractivity contribution in [2.75, 3.05) is 5.32 Å². The van der Waals surface area contributed by atoms with E-state index in [0.717, 1.165) is 0 Å². The first-order valence-electron chi connectivity index (χ1n) is 8.87. The number of phenolic OH excluding ortho intramolecular Hbond substituents is 1. The number of amides is 1. The molecule has 2 N–H and O–H groups in total. The molecular weight excluding hydrogens is 372 g/mol. The van der Waals surface area contributed by atoms with Gasteiger partial charge in [-0.2, -0.15) is 0 Å². The fourth-order valence-corrected chi connectivity index (χ4v) is 3.07. The SMILES string of the molecule is Cc1c(NC(=O)c2cc(-c3cccc(O)c3)on2)c(=O)n(-c2ccccc2)n1C. The minimum atomic E-state index is -0.564. The van der Waals surface area contributed by atoms with Gasteiger partial charge in [0.1, 0.15) is 11.4 Å². The predicted octanol–water partition coefficient (Wildman–Crippen LogP) is 3.10. The molecule has 146 valence electrons. The maximum atomic E-state index is 12.9. The van der Waals surface area contributed by atoms with E-state index < -0.39 is 5.91 Å². The zero-order valence-electron chi connectivity index (χ0n) is 15.8. The van der Waals surface area contributed by atoms with Gasteiger partial charge in [-0.15, -0.1) is 0 Å². The number of nitrogens with zero attached hydrogens (tertiary/aromatic N) is 3. The van der Waals surface area contributed by atoms with E-state index in [1.807, 2.05) is 30.3 Å². The van der Waals surface area contributed by atoms with Crippen molar-refractivity contribution >= 4 is 11.6 Å². The lowest BCUT2D eigenvalue weighted by Gasteiger charge is -2.07. The summed E-state index contributed by atoms with van der Waals surface area (Å²) in [6, 6.07) is 17.0. The van der Waals surface area contributed by atoms with E-state index in [-0.39, 0.29) is 22.7 Å². The standard InChI is InChI=1S/C21H18N4O4/c1-13-19(21(28)25(24(13)2)15-8-4-3-5-9-15)22-20(27)17-12-18(29-23-17)14-7-6-10-16(26)11-14/h3-12,26H,1-2H3,(H,22,27). The molecular formula is C21H18N4O4. The fraction of sp³-hybridized carbons (Fsp3) is 0.0952. The second-order valence-electron chi connectivity index (χ2n) is 6.52. The van der Waals surface area contributed by atoms with E-state index in [2.05, 4.69) is 10.5 Å². The van der Waals surface area contributed by atoms with Crippen molar-refractivity contribution in [2.24, 2.45) is 7.05 Å². The fourth-order valence-electron chi connectivity index (χ4n) is 3.07. The van der Waals surface area contributed by atoms with Crippen LogP contribution in [0.15, 0.2) is 70.0 Å². The second-order valence-corrected chi connectivity index (χ2v) is 6.52. The number of aromatic hydroxyl groups is 1. The molecule has 0 bridgehead atoms. The molecule has 0 aliphatic carbocycles. The predicted molar refractivity (Wildman–Crippen MR) is 107 cm³/mol. The zero-order chi connectivity index (χ0) is 20.5. The van der Waals surface area contributed by atoms with Gasteiger partial charge < -0.3 is 14.9 Å². The average molecular weight is 390 g/mol. The van der Waals surface area contributed by atoms with Crippen molar-refractivity contribution in [3.63, 3.8) is 0 Å². The van der Waals surface area contributed by atoms with E-state index in [1.165, 1.54) is 22.9 Å². The van der Waals surface area contributed by atoms with Crippen molar-refractivity contribution in [3.05, 3.63) is 82.4 Å². The van der Waals surface area contributed by atoms with E-state index >= 15 is 0 Å². The van der Waals surface area contributed by atoms with Gasteiger partial charge in [-0.05, 0) is 31.2 Å². The highest BCUT2D eigenvalue weighted by molar-refractivity contribution is 6.03. The number of hydrogen-bond acceptors (Lipinski definition) is 5. The quantitative estimate of drug-likeness (QED) is 0.557. The summed E-state index contributed by atoms with van der Waals surface area (Å²) in [7, 11) is 1.75. The number of aromatic nitrogens is 3. The summed E-state index contributed by atoms with van der Waals surface area (Å²) in [4.78, 5) is 25.5. The Morgan fingerprint density at radius 3 is 2.59 bits per heavy atom. The summed E-state index contributed by atoms with van der Waals surface area (Å²) >= 11 is 0. The maximum Gasteiger partial charge on any atom is 0.295 e. The Labute approximate surface area is 165 Å². The number of phenols is 1. The third-order valence-electron chi connectivity index (χ3n) is 4.67. The van der Waals surface area contributed by atoms with Crippen LogP contribution >= 0.6 is 0 Å². The van der Waals surface area contributed by atoms with Gasteiger partial charge in [0.15, 0.2) is 11.5 Å². The zero-order valence-corrected chi connectivity index (χ0v) is 15.8. The molecule has 0 radical (unpaired) electrons. The number of rotatable bonds is 4. The minimum Gasteiger partial charge on any atom is -0.508 e. The number of anilines is 1. The van der Waals surface area contributed by atoms with Crippen LogP contribution in [0.5, 0.6) is 5.75 Å². The van der Waals surface area contributed by atoms with Crippen molar-refractivity contribution in [1.29, 1.82) is 0 Å². The average Bonchev–Trinajstić information content (AvgIpc) is 3.29. The van der Waals surface area contributed by atoms with Crippen molar-refractivity contribution in [1.82, 2.24) is 14.5 Å². The molecule has 8 heteroatoms. The smallest absolute Gasteiger partial charge is 0.295 e. The first kappa shape index (κ1) is 18.3. The number of nitrogens with one attached hydrogen (secondary N) is 1. The van der Waals surface area contributed by atoms with Crippen molar-refractivity contribution < 1.29 is 14.4 Å². The second kappa shape index (κ2) is 7.16. The van der Waals surface area contributed by atoms with Crippen LogP contribution in [0.3, 0.4) is 0 Å². The lowest BCUT2D eigenvalue weighted by molar-refractivity contribution is 0.101. The Morgan fingerprint density at radius 2 is 1.86 bits per heavy atom. The Kier molecular flexibility index (Phi) is 4.52. The molecule has 0 saturated heterocycles. The van der Waals surface area contributed by atoms with Crippen LogP contribution in [-0.4, -0.2) is 25.5 Å². The molecule has 0 atom stereocenters. The summed E-state index contributed by atoms with van der Waals surface area (Å²) in [5.41, 5.74) is 1.72. The maximum absolute atomic E-state index is 12.9. The van der Waals surface area contributed by atoms with Crippen LogP contribution in [0.2, 0.25) is 0 Å². The molecule has 4 aromatic rings. The molecule has 0 aliphatic rings. The van der Waals surface area contributed by atoms with Gasteiger partial charge in [0, 0.05) is 18.7 Å². The summed E-state index contributed by atoms with van der Waals surface area (Å²) < 4.78 is 8.37. The summed E-state index contributed by atoms with van der Waals surface area (Å²) in [5.74, 6) is -0.157. The Morgan fingerprint density at radius 1 is 1.10 bits per heavy atom. The van der Waals surface area contributed by atoms with Crippen LogP contribution < -0.4 is 10.9 Å². The van der Waals surface area contributed by atoms with E-state index in [4.69, 9.17) is 4.52 Å². The molecule has 1 amide bonds. The molecule has 2 heterocycles. The third-order valence-corrected chi connectivity index (χ3v) is 4.67. The largest absolute Gasteiger partial charge is 0.508 e. The van der Waals surface area contributed by atoms with Crippen molar-refractivity contribution in [2.45, 2.75) is 6.92 Å². The minimum absolute atomic E-state index is 0.0252. The number of carbonyl (C=O) groups is 1. The van der Waals surface area contributed by atoms with Crippen molar-refractivity contribution in [3.8, 4) is 22.8 Å². The van der Waals surface area contributed by atoms with Gasteiger partial charge in [-0.1, -0.05) is 35.5 Å². The van der Waals surface area contributed by atoms with Crippen LogP contribution in [0.1, 0.15) is 16.2 Å². The van der Waals surface area contributed by atoms with Crippen LogP contribution in [0.25, 0.3) is 17.0 Å². The number of carbonyl (C=O) groups excluding carboxylic acids is 1. The molecule has 29 heavy (non-hydrogen) atoms. The van der Waals surface area contributed by atoms with Gasteiger partial charge in [-0.25, -0.2) is 4.68 Å². The molecule has 0 aliphatic heterocycles. The van der Waals surface area contributed by atoms with E-state index in [9.17, 15) is 14.7 Å². The van der Waals surface area contributed by atoms with Crippen LogP contribution in [0.4, 0.5) is 5.69 Å². The lowest BCUT2D eigenvalue weighted by atomic mass is 10.1. The first-order valence-corrected chi connectivity index (χ1v) is 8.87. The summed E-state index contributed by atoms with van der Waals surface area (Å²) in [6.45, 7) is 1.75. The lowest BCUT2D eigenvalue weighted by Crippen LogP contribution is -2.23. The summed E-state index contributed by atoms with van der Waals surface area (Å²) in [6.07, 6.45) is 0. The topological polar surface area (TPSA) is 102 Å². The molecule has 0 fully saturated rings. The van der Waals surface area contributed by atoms with Gasteiger partial charge in [0.25, 0.3) is 11.5 Å². The van der Waals surface area contributed by atoms with Gasteiger partial charge in [-0.3, -0.25) is 14.3 Å². The third kappa shape index (κ3) is 3.31. The molecule has 4 rings (SSSR count). The summed E-state index contributed by atoms with van der Waals surface area (Å²) in [5, 5.41) is 16.0. The Hall–Kier alpha value is -4.07. The Bertz CT molecular complexity index is 1250. The number of para-hydroxylation sites is 1. The monoisotopic (exact) mass is 390 g/mol. The number of benzene rings is 2. The normalized spacial score (nSPS) is 10.8. The van der Waals surface area contributed by atoms with E-state index in [1.54, 1.807) is 30.8 Å². The highest BCUT2D eigenvalue weighted by Gasteiger charge is 2.21. The molecule has 2 aromatic heterocycles. The number of hydrogen-bond donors (Lipinski definition) is 2. The van der Waals surface area contributed by atoms with Gasteiger partial charge in [0.2, 0.25) is 0 Å². The molecule has 8 nitrogen and oxygen atoms in total. The molecule has 0 unspecified atom stereocenters. The highest BCUT2D eigenvalue weighted by Crippen LogP contribution is 2.24. The van der Waals surface area contributed by atoms with Gasteiger partial charge >= 0.3 is 0 Å². The van der Waals surface area contributed by atoms with E-state index in [0.29, 0.717) is 22.7 Å². The first-order chi connectivity index (χ1) is 14.0. The van der Waals surface area contributed by atoms with Crippen LogP contribution in [-0.2, 0) is 7.05 Å². The molecule has 0 spiro atoms. The Balaban J connectivity index is 1.64. The van der Waals surface area contributed by atoms with Gasteiger partial charge in [0.05, 0.1) is 11.4 Å². The van der Waals surface area contributed by atoms with Crippen LogP contribution in [0, 0.1) is 6.92 Å². The highest BCUT2D eigenvalue weighted by atomic mass is 16.5. The molecule has 2 aromatic carbocycles.